The molecule has 0 saturated carbocycles. The Morgan fingerprint density at radius 2 is 2.24 bits per heavy atom. The summed E-state index contributed by atoms with van der Waals surface area (Å²) in [5, 5.41) is 8.73. The Morgan fingerprint density at radius 3 is 2.93 bits per heavy atom. The van der Waals surface area contributed by atoms with E-state index in [1.165, 1.54) is 5.69 Å². The van der Waals surface area contributed by atoms with Gasteiger partial charge in [0.2, 0.25) is 0 Å². The van der Waals surface area contributed by atoms with E-state index in [1.54, 1.807) is 0 Å². The van der Waals surface area contributed by atoms with Crippen molar-refractivity contribution in [3.63, 3.8) is 0 Å². The molecule has 0 bridgehead atoms. The van der Waals surface area contributed by atoms with Crippen molar-refractivity contribution in [3.8, 4) is 0 Å². The standard InChI is InChI=1S/C21H29N5O2S/c1-4-7-26-19-6-5-16(24(3)14-17-12-15(2)23-28-17)13-18(19)20(22-26)21(27)25-8-10-29-11-9-25/h4,12,16H,1,5-11,13-14H2,2-3H3. The van der Waals surface area contributed by atoms with Crippen LogP contribution in [-0.4, -0.2) is 68.3 Å². The maximum absolute atomic E-state index is 13.2. The van der Waals surface area contributed by atoms with Gasteiger partial charge in [0.05, 0.1) is 18.8 Å². The number of aryl methyl sites for hydroxylation is 1. The van der Waals surface area contributed by atoms with Crippen molar-refractivity contribution in [1.82, 2.24) is 24.7 Å². The number of amides is 1. The number of nitrogens with zero attached hydrogens (tertiary/aromatic N) is 5. The minimum atomic E-state index is 0.0820. The highest BCUT2D eigenvalue weighted by atomic mass is 32.2. The smallest absolute Gasteiger partial charge is 0.274 e. The summed E-state index contributed by atoms with van der Waals surface area (Å²) >= 11 is 1.91. The first kappa shape index (κ1) is 20.2. The molecule has 0 aromatic carbocycles. The lowest BCUT2D eigenvalue weighted by Gasteiger charge is -2.31. The van der Waals surface area contributed by atoms with Crippen LogP contribution in [0.25, 0.3) is 0 Å². The number of aromatic nitrogens is 3. The Bertz CT molecular complexity index is 884. The number of fused-ring (bicyclic) bond motifs is 1. The highest BCUT2D eigenvalue weighted by Gasteiger charge is 2.32. The number of thioether (sulfide) groups is 1. The van der Waals surface area contributed by atoms with Gasteiger partial charge in [-0.15, -0.1) is 6.58 Å². The molecule has 0 spiro atoms. The highest BCUT2D eigenvalue weighted by Crippen LogP contribution is 2.29. The first-order valence-electron chi connectivity index (χ1n) is 10.3. The third-order valence-electron chi connectivity index (χ3n) is 5.83. The molecule has 156 valence electrons. The predicted molar refractivity (Wildman–Crippen MR) is 114 cm³/mol. The van der Waals surface area contributed by atoms with Crippen molar-refractivity contribution in [2.75, 3.05) is 31.6 Å². The molecule has 1 atom stereocenters. The first-order chi connectivity index (χ1) is 14.1. The van der Waals surface area contributed by atoms with E-state index in [0.29, 0.717) is 24.8 Å². The van der Waals surface area contributed by atoms with Gasteiger partial charge in [-0.3, -0.25) is 14.4 Å². The minimum Gasteiger partial charge on any atom is -0.360 e. The summed E-state index contributed by atoms with van der Waals surface area (Å²) in [6.45, 7) is 8.76. The summed E-state index contributed by atoms with van der Waals surface area (Å²) < 4.78 is 7.37. The average molecular weight is 416 g/mol. The number of hydrogen-bond donors (Lipinski definition) is 0. The largest absolute Gasteiger partial charge is 0.360 e. The molecule has 1 aliphatic heterocycles. The first-order valence-corrected chi connectivity index (χ1v) is 11.4. The van der Waals surface area contributed by atoms with Crippen LogP contribution in [0.2, 0.25) is 0 Å². The second-order valence-corrected chi connectivity index (χ2v) is 9.12. The molecule has 2 aliphatic rings. The fraction of sp³-hybridized carbons (Fsp3) is 0.571. The molecule has 0 N–H and O–H groups in total. The van der Waals surface area contributed by atoms with Gasteiger partial charge >= 0.3 is 0 Å². The number of rotatable bonds is 6. The second-order valence-electron chi connectivity index (χ2n) is 7.90. The number of likely N-dealkylation sites (N-methyl/N-ethyl adjacent to an activating group) is 1. The third kappa shape index (κ3) is 4.28. The summed E-state index contributed by atoms with van der Waals surface area (Å²) in [4.78, 5) is 17.5. The Hall–Kier alpha value is -2.06. The van der Waals surface area contributed by atoms with Crippen molar-refractivity contribution >= 4 is 17.7 Å². The van der Waals surface area contributed by atoms with Gasteiger partial charge in [0, 0.05) is 48.0 Å². The minimum absolute atomic E-state index is 0.0820. The Labute approximate surface area is 176 Å². The maximum atomic E-state index is 13.2. The topological polar surface area (TPSA) is 67.4 Å². The number of carbonyl (C=O) groups is 1. The number of carbonyl (C=O) groups excluding carboxylic acids is 1. The van der Waals surface area contributed by atoms with Crippen LogP contribution in [0, 0.1) is 6.92 Å². The van der Waals surface area contributed by atoms with Crippen molar-refractivity contribution in [2.45, 2.75) is 45.3 Å². The zero-order chi connectivity index (χ0) is 20.4. The molecule has 29 heavy (non-hydrogen) atoms. The van der Waals surface area contributed by atoms with E-state index < -0.39 is 0 Å². The number of hydrogen-bond acceptors (Lipinski definition) is 6. The van der Waals surface area contributed by atoms with Gasteiger partial charge in [-0.05, 0) is 33.2 Å². The van der Waals surface area contributed by atoms with E-state index in [1.807, 2.05) is 40.4 Å². The van der Waals surface area contributed by atoms with E-state index in [-0.39, 0.29) is 5.91 Å². The van der Waals surface area contributed by atoms with Gasteiger partial charge in [-0.1, -0.05) is 11.2 Å². The number of allylic oxidation sites excluding steroid dienone is 1. The molecule has 2 aromatic heterocycles. The van der Waals surface area contributed by atoms with Crippen LogP contribution >= 0.6 is 11.8 Å². The molecular formula is C21H29N5O2S. The molecule has 7 nitrogen and oxygen atoms in total. The van der Waals surface area contributed by atoms with Crippen LogP contribution in [0.5, 0.6) is 0 Å². The third-order valence-corrected chi connectivity index (χ3v) is 6.77. The van der Waals surface area contributed by atoms with Gasteiger partial charge in [0.1, 0.15) is 0 Å². The lowest BCUT2D eigenvalue weighted by Crippen LogP contribution is -2.40. The lowest BCUT2D eigenvalue weighted by molar-refractivity contribution is 0.0763. The Balaban J connectivity index is 1.56. The van der Waals surface area contributed by atoms with E-state index in [0.717, 1.165) is 60.9 Å². The van der Waals surface area contributed by atoms with Crippen LogP contribution in [0.15, 0.2) is 23.2 Å². The molecule has 1 saturated heterocycles. The molecule has 1 fully saturated rings. The zero-order valence-corrected chi connectivity index (χ0v) is 18.1. The van der Waals surface area contributed by atoms with E-state index in [4.69, 9.17) is 9.62 Å². The van der Waals surface area contributed by atoms with Crippen LogP contribution < -0.4 is 0 Å². The van der Waals surface area contributed by atoms with Crippen molar-refractivity contribution in [2.24, 2.45) is 0 Å². The molecule has 4 rings (SSSR count). The van der Waals surface area contributed by atoms with Gasteiger partial charge < -0.3 is 9.42 Å². The molecule has 1 aliphatic carbocycles. The van der Waals surface area contributed by atoms with Crippen LogP contribution in [0.3, 0.4) is 0 Å². The second kappa shape index (κ2) is 8.75. The predicted octanol–water partition coefficient (Wildman–Crippen LogP) is 2.54. The van der Waals surface area contributed by atoms with E-state index >= 15 is 0 Å². The molecule has 8 heteroatoms. The summed E-state index contributed by atoms with van der Waals surface area (Å²) in [6, 6.07) is 2.33. The summed E-state index contributed by atoms with van der Waals surface area (Å²) in [7, 11) is 2.12. The molecular weight excluding hydrogens is 386 g/mol. The summed E-state index contributed by atoms with van der Waals surface area (Å²) in [6.07, 6.45) is 4.64. The fourth-order valence-corrected chi connectivity index (χ4v) is 5.18. The van der Waals surface area contributed by atoms with Crippen molar-refractivity contribution in [3.05, 3.63) is 47.1 Å². The maximum Gasteiger partial charge on any atom is 0.274 e. The molecule has 2 aromatic rings. The summed E-state index contributed by atoms with van der Waals surface area (Å²) in [5.74, 6) is 2.96. The van der Waals surface area contributed by atoms with Gasteiger partial charge in [-0.25, -0.2) is 0 Å². The lowest BCUT2D eigenvalue weighted by atomic mass is 9.90. The fourth-order valence-electron chi connectivity index (χ4n) is 4.27. The Morgan fingerprint density at radius 1 is 1.45 bits per heavy atom. The van der Waals surface area contributed by atoms with Gasteiger partial charge in [0.15, 0.2) is 11.5 Å². The average Bonchev–Trinajstić information content (AvgIpc) is 3.31. The van der Waals surface area contributed by atoms with E-state index in [2.05, 4.69) is 23.7 Å². The van der Waals surface area contributed by atoms with Crippen molar-refractivity contribution < 1.29 is 9.32 Å². The van der Waals surface area contributed by atoms with Crippen molar-refractivity contribution in [1.29, 1.82) is 0 Å². The zero-order valence-electron chi connectivity index (χ0n) is 17.3. The monoisotopic (exact) mass is 415 g/mol. The summed E-state index contributed by atoms with van der Waals surface area (Å²) in [5.41, 5.74) is 3.85. The Kier molecular flexibility index (Phi) is 6.10. The van der Waals surface area contributed by atoms with Crippen LogP contribution in [0.4, 0.5) is 0 Å². The SMILES string of the molecule is C=CCn1nc(C(=O)N2CCSCC2)c2c1CCC(N(C)Cc1cc(C)no1)C2. The quantitative estimate of drug-likeness (QED) is 0.676. The molecule has 1 unspecified atom stereocenters. The van der Waals surface area contributed by atoms with Crippen LogP contribution in [0.1, 0.15) is 39.6 Å². The highest BCUT2D eigenvalue weighted by molar-refractivity contribution is 7.99. The van der Waals surface area contributed by atoms with Crippen LogP contribution in [-0.2, 0) is 25.9 Å². The van der Waals surface area contributed by atoms with E-state index in [9.17, 15) is 4.79 Å². The van der Waals surface area contributed by atoms with Gasteiger partial charge in [0.25, 0.3) is 5.91 Å². The molecule has 1 amide bonds. The van der Waals surface area contributed by atoms with Gasteiger partial charge in [-0.2, -0.15) is 16.9 Å². The molecule has 3 heterocycles. The molecule has 0 radical (unpaired) electrons. The normalized spacial score (nSPS) is 19.4.